The van der Waals surface area contributed by atoms with E-state index in [0.717, 1.165) is 39.7 Å². The summed E-state index contributed by atoms with van der Waals surface area (Å²) in [6.45, 7) is 4.64. The Hall–Kier alpha value is -6.96. The van der Waals surface area contributed by atoms with Gasteiger partial charge < -0.3 is 0 Å². The van der Waals surface area contributed by atoms with Crippen molar-refractivity contribution >= 4 is 0 Å². The molecule has 304 valence electrons. The summed E-state index contributed by atoms with van der Waals surface area (Å²) < 4.78 is 0. The van der Waals surface area contributed by atoms with Crippen molar-refractivity contribution in [1.82, 2.24) is 15.0 Å². The van der Waals surface area contributed by atoms with Crippen LogP contribution in [0.4, 0.5) is 0 Å². The summed E-state index contributed by atoms with van der Waals surface area (Å²) in [6.07, 6.45) is 6.65. The third kappa shape index (κ3) is 6.12. The maximum Gasteiger partial charge on any atom is 0.164 e. The molecule has 1 heterocycles. The van der Waals surface area contributed by atoms with Crippen LogP contribution in [0.15, 0.2) is 170 Å². The summed E-state index contributed by atoms with van der Waals surface area (Å²) in [7, 11) is 0. The Balaban J connectivity index is 0.922. The molecular formula is C59H48N4. The highest BCUT2D eigenvalue weighted by atomic mass is 15.0. The molecule has 5 aliphatic rings. The van der Waals surface area contributed by atoms with E-state index in [1.165, 1.54) is 76.6 Å². The highest BCUT2D eigenvalue weighted by molar-refractivity contribution is 5.83. The van der Waals surface area contributed by atoms with Gasteiger partial charge in [-0.05, 0) is 136 Å². The Labute approximate surface area is 370 Å². The van der Waals surface area contributed by atoms with E-state index >= 15 is 0 Å². The minimum absolute atomic E-state index is 0.0386. The summed E-state index contributed by atoms with van der Waals surface area (Å²) in [5, 5.41) is 9.31. The number of fused-ring (bicyclic) bond motifs is 3. The molecule has 7 aromatic carbocycles. The Kier molecular flexibility index (Phi) is 8.73. The normalized spacial score (nSPS) is 22.3. The third-order valence-electron chi connectivity index (χ3n) is 15.5. The van der Waals surface area contributed by atoms with Gasteiger partial charge in [0.1, 0.15) is 0 Å². The van der Waals surface area contributed by atoms with Crippen molar-refractivity contribution in [2.24, 2.45) is 23.7 Å². The first-order valence-electron chi connectivity index (χ1n) is 22.7. The summed E-state index contributed by atoms with van der Waals surface area (Å²) >= 11 is 0. The Morgan fingerprint density at radius 1 is 0.429 bits per heavy atom. The number of hydrogen-bond acceptors (Lipinski definition) is 4. The van der Waals surface area contributed by atoms with Gasteiger partial charge in [0.15, 0.2) is 17.5 Å². The molecule has 63 heavy (non-hydrogen) atoms. The molecule has 1 aromatic heterocycles. The zero-order valence-electron chi connectivity index (χ0n) is 35.8. The van der Waals surface area contributed by atoms with Gasteiger partial charge in [-0.3, -0.25) is 0 Å². The molecule has 0 radical (unpaired) electrons. The first-order valence-corrected chi connectivity index (χ1v) is 22.7. The zero-order chi connectivity index (χ0) is 42.3. The summed E-state index contributed by atoms with van der Waals surface area (Å²) in [5.74, 6) is 5.01. The van der Waals surface area contributed by atoms with E-state index in [4.69, 9.17) is 15.0 Å². The molecule has 0 unspecified atom stereocenters. The second-order valence-electron chi connectivity index (χ2n) is 19.2. The molecule has 8 aromatic rings. The van der Waals surface area contributed by atoms with Crippen LogP contribution in [0, 0.1) is 35.0 Å². The lowest BCUT2D eigenvalue weighted by Crippen LogP contribution is -2.56. The quantitative estimate of drug-likeness (QED) is 0.161. The predicted octanol–water partition coefficient (Wildman–Crippen LogP) is 14.1. The summed E-state index contributed by atoms with van der Waals surface area (Å²) in [4.78, 5) is 15.5. The maximum absolute atomic E-state index is 9.31. The smallest absolute Gasteiger partial charge is 0.164 e. The van der Waals surface area contributed by atoms with E-state index in [9.17, 15) is 5.26 Å². The van der Waals surface area contributed by atoms with Crippen LogP contribution in [-0.2, 0) is 10.8 Å². The van der Waals surface area contributed by atoms with Crippen molar-refractivity contribution in [3.8, 4) is 73.6 Å². The van der Waals surface area contributed by atoms with Gasteiger partial charge >= 0.3 is 0 Å². The third-order valence-corrected chi connectivity index (χ3v) is 15.5. The zero-order valence-corrected chi connectivity index (χ0v) is 35.8. The second kappa shape index (κ2) is 14.6. The largest absolute Gasteiger partial charge is 0.208 e. The van der Waals surface area contributed by atoms with E-state index in [2.05, 4.69) is 147 Å². The van der Waals surface area contributed by atoms with E-state index < -0.39 is 0 Å². The summed E-state index contributed by atoms with van der Waals surface area (Å²) in [5.41, 5.74) is 16.3. The number of rotatable bonds is 7. The van der Waals surface area contributed by atoms with Crippen molar-refractivity contribution < 1.29 is 0 Å². The molecule has 0 N–H and O–H groups in total. The fraction of sp³-hybridized carbons (Fsp3) is 0.220. The average molecular weight is 813 g/mol. The number of benzene rings is 7. The standard InChI is InChI=1S/C59H48N4/c1-58(2)53-14-7-6-13-51(53)52-28-23-46(35-54(52)58)57-62-55(42-9-4-3-5-10-42)61-56(63-57)43-21-26-48(27-22-43)59(49-30-38-29-39(32-49)33-50(59)31-38)47-24-19-41(20-25-47)45-12-8-11-44(34-45)40-17-15-37(36-60)16-18-40/h3-28,34-35,38-39,49-50H,29-33H2,1-2H3. The molecule has 4 heteroatoms. The Morgan fingerprint density at radius 2 is 0.905 bits per heavy atom. The van der Waals surface area contributed by atoms with Gasteiger partial charge in [-0.25, -0.2) is 15.0 Å². The van der Waals surface area contributed by atoms with Crippen molar-refractivity contribution in [2.75, 3.05) is 0 Å². The molecule has 4 bridgehead atoms. The lowest BCUT2D eigenvalue weighted by molar-refractivity contribution is -0.0418. The topological polar surface area (TPSA) is 62.5 Å². The van der Waals surface area contributed by atoms with Gasteiger partial charge in [0.05, 0.1) is 11.6 Å². The number of aromatic nitrogens is 3. The van der Waals surface area contributed by atoms with Gasteiger partial charge in [0.2, 0.25) is 0 Å². The van der Waals surface area contributed by atoms with Crippen LogP contribution in [0.1, 0.15) is 73.8 Å². The Morgan fingerprint density at radius 3 is 1.51 bits per heavy atom. The van der Waals surface area contributed by atoms with Crippen molar-refractivity contribution in [1.29, 1.82) is 5.26 Å². The van der Waals surface area contributed by atoms with Gasteiger partial charge in [0, 0.05) is 27.5 Å². The molecular weight excluding hydrogens is 765 g/mol. The van der Waals surface area contributed by atoms with Crippen LogP contribution in [0.3, 0.4) is 0 Å². The number of nitriles is 1. The van der Waals surface area contributed by atoms with Crippen molar-refractivity contribution in [2.45, 2.75) is 56.8 Å². The molecule has 4 nitrogen and oxygen atoms in total. The first kappa shape index (κ1) is 37.8. The molecule has 5 aliphatic carbocycles. The number of nitrogens with zero attached hydrogens (tertiary/aromatic N) is 4. The fourth-order valence-electron chi connectivity index (χ4n) is 12.7. The summed E-state index contributed by atoms with van der Waals surface area (Å²) in [6, 6.07) is 63.7. The predicted molar refractivity (Wildman–Crippen MR) is 254 cm³/mol. The molecule has 13 rings (SSSR count). The highest BCUT2D eigenvalue weighted by Crippen LogP contribution is 2.65. The molecule has 0 saturated heterocycles. The van der Waals surface area contributed by atoms with Crippen LogP contribution in [-0.4, -0.2) is 15.0 Å². The van der Waals surface area contributed by atoms with E-state index in [1.54, 1.807) is 0 Å². The maximum atomic E-state index is 9.31. The molecule has 0 atom stereocenters. The van der Waals surface area contributed by atoms with Gasteiger partial charge in [-0.15, -0.1) is 0 Å². The molecule has 0 spiro atoms. The minimum Gasteiger partial charge on any atom is -0.208 e. The van der Waals surface area contributed by atoms with E-state index in [-0.39, 0.29) is 10.8 Å². The van der Waals surface area contributed by atoms with Crippen LogP contribution >= 0.6 is 0 Å². The van der Waals surface area contributed by atoms with Crippen LogP contribution in [0.5, 0.6) is 0 Å². The molecule has 4 fully saturated rings. The average Bonchev–Trinajstić information content (AvgIpc) is 3.57. The van der Waals surface area contributed by atoms with Crippen LogP contribution in [0.25, 0.3) is 67.5 Å². The lowest BCUT2D eigenvalue weighted by atomic mass is 9.42. The molecule has 0 amide bonds. The number of hydrogen-bond donors (Lipinski definition) is 0. The highest BCUT2D eigenvalue weighted by Gasteiger charge is 2.58. The molecule has 0 aliphatic heterocycles. The lowest BCUT2D eigenvalue weighted by Gasteiger charge is -2.62. The van der Waals surface area contributed by atoms with Crippen molar-refractivity contribution in [3.05, 3.63) is 198 Å². The Bertz CT molecular complexity index is 3060. The van der Waals surface area contributed by atoms with Gasteiger partial charge in [0.25, 0.3) is 0 Å². The molecule has 4 saturated carbocycles. The van der Waals surface area contributed by atoms with Crippen LogP contribution < -0.4 is 0 Å². The van der Waals surface area contributed by atoms with Crippen LogP contribution in [0.2, 0.25) is 0 Å². The monoisotopic (exact) mass is 812 g/mol. The minimum atomic E-state index is -0.123. The first-order chi connectivity index (χ1) is 30.8. The fourth-order valence-corrected chi connectivity index (χ4v) is 12.7. The van der Waals surface area contributed by atoms with Gasteiger partial charge in [-0.2, -0.15) is 5.26 Å². The van der Waals surface area contributed by atoms with Gasteiger partial charge in [-0.1, -0.05) is 159 Å². The SMILES string of the molecule is CC1(C)c2ccccc2-c2ccc(-c3nc(-c4ccccc4)nc(-c4ccc(C5(c6ccc(-c7cccc(-c8ccc(C#N)cc8)c7)cc6)C6CC7CC(C6)CC5C7)cc4)n3)cc21. The second-order valence-corrected chi connectivity index (χ2v) is 19.2. The van der Waals surface area contributed by atoms with Crippen molar-refractivity contribution in [3.63, 3.8) is 0 Å². The van der Waals surface area contributed by atoms with E-state index in [1.807, 2.05) is 42.5 Å². The van der Waals surface area contributed by atoms with E-state index in [0.29, 0.717) is 34.9 Å².